The van der Waals surface area contributed by atoms with Gasteiger partial charge in [-0.25, -0.2) is 0 Å². The molecule has 2 fully saturated rings. The molecule has 0 aromatic heterocycles. The molecule has 1 saturated carbocycles. The summed E-state index contributed by atoms with van der Waals surface area (Å²) in [6.07, 6.45) is 16.1. The molecule has 3 nitrogen and oxygen atoms in total. The van der Waals surface area contributed by atoms with E-state index in [4.69, 9.17) is 9.47 Å². The zero-order chi connectivity index (χ0) is 21.9. The molecule has 31 heavy (non-hydrogen) atoms. The largest absolute Gasteiger partial charge is 0.435 e. The second-order valence-electron chi connectivity index (χ2n) is 9.40. The van der Waals surface area contributed by atoms with Crippen LogP contribution >= 0.6 is 0 Å². The normalized spacial score (nSPS) is 26.8. The third kappa shape index (κ3) is 8.34. The molecule has 1 aromatic carbocycles. The van der Waals surface area contributed by atoms with Gasteiger partial charge in [0, 0.05) is 11.5 Å². The molecule has 176 valence electrons. The molecule has 0 bridgehead atoms. The monoisotopic (exact) mass is 438 g/mol. The highest BCUT2D eigenvalue weighted by molar-refractivity contribution is 5.28. The number of benzene rings is 1. The van der Waals surface area contributed by atoms with Crippen LogP contribution in [0.4, 0.5) is 8.78 Å². The molecule has 1 aromatic rings. The first-order valence-electron chi connectivity index (χ1n) is 12.4. The third-order valence-electron chi connectivity index (χ3n) is 7.07. The number of alkyl halides is 2. The van der Waals surface area contributed by atoms with E-state index in [-0.39, 0.29) is 5.75 Å². The standard InChI is InChI=1S/C26H40F2O3/c1-2-3-4-5-6-7-8-9-20-10-12-21(13-11-20)23-18-29-25(30-19-23)22-14-16-24(17-15-22)31-26(27)28/h14-17,20-21,23,25-26H,2-13,18-19H2,1H3. The van der Waals surface area contributed by atoms with E-state index < -0.39 is 12.9 Å². The smallest absolute Gasteiger partial charge is 0.387 e. The van der Waals surface area contributed by atoms with Crippen LogP contribution in [-0.4, -0.2) is 19.8 Å². The fourth-order valence-corrected chi connectivity index (χ4v) is 5.13. The summed E-state index contributed by atoms with van der Waals surface area (Å²) in [5.74, 6) is 2.24. The van der Waals surface area contributed by atoms with Crippen LogP contribution in [0.5, 0.6) is 5.75 Å². The maximum Gasteiger partial charge on any atom is 0.387 e. The molecule has 1 heterocycles. The number of halogens is 2. The minimum atomic E-state index is -2.81. The topological polar surface area (TPSA) is 27.7 Å². The van der Waals surface area contributed by atoms with Gasteiger partial charge in [0.2, 0.25) is 0 Å². The predicted molar refractivity (Wildman–Crippen MR) is 119 cm³/mol. The number of unbranched alkanes of at least 4 members (excludes halogenated alkanes) is 6. The maximum atomic E-state index is 12.3. The van der Waals surface area contributed by atoms with Gasteiger partial charge in [0.25, 0.3) is 0 Å². The van der Waals surface area contributed by atoms with E-state index in [9.17, 15) is 8.78 Å². The zero-order valence-electron chi connectivity index (χ0n) is 19.1. The van der Waals surface area contributed by atoms with Crippen LogP contribution in [0.1, 0.15) is 95.8 Å². The van der Waals surface area contributed by atoms with Crippen LogP contribution in [0, 0.1) is 17.8 Å². The number of ether oxygens (including phenoxy) is 3. The van der Waals surface area contributed by atoms with Crippen molar-refractivity contribution in [1.82, 2.24) is 0 Å². The third-order valence-corrected chi connectivity index (χ3v) is 7.07. The molecule has 1 saturated heterocycles. The Labute approximate surface area is 186 Å². The van der Waals surface area contributed by atoms with E-state index in [2.05, 4.69) is 11.7 Å². The lowest BCUT2D eigenvalue weighted by Gasteiger charge is -2.38. The second-order valence-corrected chi connectivity index (χ2v) is 9.40. The summed E-state index contributed by atoms with van der Waals surface area (Å²) in [6, 6.07) is 6.54. The van der Waals surface area contributed by atoms with Crippen molar-refractivity contribution in [2.24, 2.45) is 17.8 Å². The van der Waals surface area contributed by atoms with Crippen molar-refractivity contribution in [2.45, 2.75) is 96.9 Å². The van der Waals surface area contributed by atoms with Crippen molar-refractivity contribution in [3.8, 4) is 5.75 Å². The molecular formula is C26H40F2O3. The van der Waals surface area contributed by atoms with Crippen LogP contribution in [0.15, 0.2) is 24.3 Å². The fraction of sp³-hybridized carbons (Fsp3) is 0.769. The maximum absolute atomic E-state index is 12.3. The van der Waals surface area contributed by atoms with Gasteiger partial charge < -0.3 is 14.2 Å². The summed E-state index contributed by atoms with van der Waals surface area (Å²) in [5.41, 5.74) is 0.846. The van der Waals surface area contributed by atoms with Crippen molar-refractivity contribution < 1.29 is 23.0 Å². The molecule has 3 rings (SSSR count). The van der Waals surface area contributed by atoms with Gasteiger partial charge in [-0.15, -0.1) is 0 Å². The molecule has 2 aliphatic rings. The Morgan fingerprint density at radius 1 is 0.839 bits per heavy atom. The Kier molecular flexibility index (Phi) is 10.5. The van der Waals surface area contributed by atoms with Crippen molar-refractivity contribution in [1.29, 1.82) is 0 Å². The lowest BCUT2D eigenvalue weighted by atomic mass is 9.74. The lowest BCUT2D eigenvalue weighted by Crippen LogP contribution is -2.34. The quantitative estimate of drug-likeness (QED) is 0.310. The van der Waals surface area contributed by atoms with Crippen LogP contribution in [-0.2, 0) is 9.47 Å². The highest BCUT2D eigenvalue weighted by Gasteiger charge is 2.32. The lowest BCUT2D eigenvalue weighted by molar-refractivity contribution is -0.214. The van der Waals surface area contributed by atoms with Gasteiger partial charge in [0.15, 0.2) is 6.29 Å². The zero-order valence-corrected chi connectivity index (χ0v) is 19.1. The van der Waals surface area contributed by atoms with Gasteiger partial charge in [0.05, 0.1) is 13.2 Å². The molecule has 0 N–H and O–H groups in total. The van der Waals surface area contributed by atoms with Crippen LogP contribution in [0.2, 0.25) is 0 Å². The van der Waals surface area contributed by atoms with Gasteiger partial charge in [-0.05, 0) is 36.8 Å². The van der Waals surface area contributed by atoms with Crippen molar-refractivity contribution >= 4 is 0 Å². The Morgan fingerprint density at radius 3 is 2.06 bits per heavy atom. The van der Waals surface area contributed by atoms with Crippen molar-refractivity contribution in [2.75, 3.05) is 13.2 Å². The molecule has 0 unspecified atom stereocenters. The highest BCUT2D eigenvalue weighted by Crippen LogP contribution is 2.39. The van der Waals surface area contributed by atoms with Gasteiger partial charge in [-0.3, -0.25) is 0 Å². The van der Waals surface area contributed by atoms with Crippen molar-refractivity contribution in [3.05, 3.63) is 29.8 Å². The molecule has 0 spiro atoms. The van der Waals surface area contributed by atoms with E-state index in [1.165, 1.54) is 89.2 Å². The van der Waals surface area contributed by atoms with Crippen LogP contribution < -0.4 is 4.74 Å². The first kappa shape index (κ1) is 24.4. The van der Waals surface area contributed by atoms with E-state index in [0.29, 0.717) is 25.0 Å². The minimum Gasteiger partial charge on any atom is -0.435 e. The summed E-state index contributed by atoms with van der Waals surface area (Å²) in [6.45, 7) is 0.898. The first-order chi connectivity index (χ1) is 15.2. The minimum absolute atomic E-state index is 0.153. The van der Waals surface area contributed by atoms with E-state index >= 15 is 0 Å². The summed E-state index contributed by atoms with van der Waals surface area (Å²) < 4.78 is 40.9. The Hall–Kier alpha value is -1.20. The molecule has 5 heteroatoms. The van der Waals surface area contributed by atoms with Gasteiger partial charge >= 0.3 is 6.61 Å². The average molecular weight is 439 g/mol. The molecule has 0 amide bonds. The fourth-order valence-electron chi connectivity index (χ4n) is 5.13. The van der Waals surface area contributed by atoms with Crippen LogP contribution in [0.3, 0.4) is 0 Å². The number of hydrogen-bond acceptors (Lipinski definition) is 3. The molecule has 0 atom stereocenters. The first-order valence-corrected chi connectivity index (χ1v) is 12.4. The van der Waals surface area contributed by atoms with Crippen LogP contribution in [0.25, 0.3) is 0 Å². The molecule has 1 aliphatic carbocycles. The van der Waals surface area contributed by atoms with Crippen molar-refractivity contribution in [3.63, 3.8) is 0 Å². The Morgan fingerprint density at radius 2 is 1.45 bits per heavy atom. The second kappa shape index (κ2) is 13.4. The summed E-state index contributed by atoms with van der Waals surface area (Å²) in [5, 5.41) is 0. The van der Waals surface area contributed by atoms with Gasteiger partial charge in [-0.1, -0.05) is 83.3 Å². The highest BCUT2D eigenvalue weighted by atomic mass is 19.3. The van der Waals surface area contributed by atoms with E-state index in [1.54, 1.807) is 12.1 Å². The Balaban J connectivity index is 1.29. The van der Waals surface area contributed by atoms with Gasteiger partial charge in [-0.2, -0.15) is 8.78 Å². The predicted octanol–water partition coefficient (Wildman–Crippen LogP) is 7.90. The Bertz CT molecular complexity index is 591. The molecule has 1 aliphatic heterocycles. The van der Waals surface area contributed by atoms with E-state index in [1.807, 2.05) is 0 Å². The van der Waals surface area contributed by atoms with Gasteiger partial charge in [0.1, 0.15) is 5.75 Å². The summed E-state index contributed by atoms with van der Waals surface area (Å²) in [7, 11) is 0. The SMILES string of the molecule is CCCCCCCCCC1CCC(C2COC(c3ccc(OC(F)F)cc3)OC2)CC1. The summed E-state index contributed by atoms with van der Waals surface area (Å²) in [4.78, 5) is 0. The number of hydrogen-bond donors (Lipinski definition) is 0. The molecular weight excluding hydrogens is 398 g/mol. The summed E-state index contributed by atoms with van der Waals surface area (Å²) >= 11 is 0. The molecule has 0 radical (unpaired) electrons. The average Bonchev–Trinajstić information content (AvgIpc) is 2.79. The van der Waals surface area contributed by atoms with E-state index in [0.717, 1.165) is 11.5 Å². The number of rotatable bonds is 12.